The minimum Gasteiger partial charge on any atom is -0.110 e. The summed E-state index contributed by atoms with van der Waals surface area (Å²) >= 11 is 13.1. The average molecular weight is 246 g/mol. The van der Waals surface area contributed by atoms with Crippen molar-refractivity contribution in [3.63, 3.8) is 0 Å². The largest absolute Gasteiger partial charge is 0.114 e. The second-order valence-corrected chi connectivity index (χ2v) is 7.22. The SMILES string of the molecule is CSC(=S)SSC(=S)SC. The Labute approximate surface area is 88.4 Å². The van der Waals surface area contributed by atoms with Crippen molar-refractivity contribution in [1.29, 1.82) is 0 Å². The second kappa shape index (κ2) is 7.24. The van der Waals surface area contributed by atoms with Gasteiger partial charge in [-0.2, -0.15) is 0 Å². The molecule has 0 unspecified atom stereocenters. The van der Waals surface area contributed by atoms with E-state index in [9.17, 15) is 0 Å². The Morgan fingerprint density at radius 3 is 1.40 bits per heavy atom. The minimum atomic E-state index is 0.932. The highest BCUT2D eigenvalue weighted by molar-refractivity contribution is 8.96. The van der Waals surface area contributed by atoms with Gasteiger partial charge >= 0.3 is 0 Å². The van der Waals surface area contributed by atoms with Gasteiger partial charge in [0.15, 0.2) is 0 Å². The highest BCUT2D eigenvalue weighted by atomic mass is 33.1. The Morgan fingerprint density at radius 1 is 0.900 bits per heavy atom. The molecule has 0 spiro atoms. The van der Waals surface area contributed by atoms with Crippen LogP contribution in [0.25, 0.3) is 0 Å². The van der Waals surface area contributed by atoms with E-state index in [1.807, 2.05) is 12.5 Å². The van der Waals surface area contributed by atoms with E-state index in [-0.39, 0.29) is 0 Å². The van der Waals surface area contributed by atoms with Crippen LogP contribution in [0.3, 0.4) is 0 Å². The maximum absolute atomic E-state index is 4.96. The fraction of sp³-hybridized carbons (Fsp3) is 0.500. The van der Waals surface area contributed by atoms with Gasteiger partial charge in [0.25, 0.3) is 0 Å². The van der Waals surface area contributed by atoms with Gasteiger partial charge in [-0.15, -0.1) is 23.5 Å². The Hall–Kier alpha value is 1.58. The van der Waals surface area contributed by atoms with Gasteiger partial charge in [-0.05, 0) is 34.1 Å². The molecule has 0 fully saturated rings. The van der Waals surface area contributed by atoms with Crippen LogP contribution in [0, 0.1) is 0 Å². The quantitative estimate of drug-likeness (QED) is 0.469. The first-order chi connectivity index (χ1) is 4.70. The van der Waals surface area contributed by atoms with E-state index >= 15 is 0 Å². The molecule has 0 bridgehead atoms. The molecule has 10 heavy (non-hydrogen) atoms. The summed E-state index contributed by atoms with van der Waals surface area (Å²) in [6.45, 7) is 0. The van der Waals surface area contributed by atoms with Crippen molar-refractivity contribution in [2.75, 3.05) is 12.5 Å². The van der Waals surface area contributed by atoms with Gasteiger partial charge in [-0.25, -0.2) is 0 Å². The Bertz CT molecular complexity index is 114. The average Bonchev–Trinajstić information content (AvgIpc) is 1.99. The molecule has 0 heterocycles. The molecule has 0 aromatic heterocycles. The number of rotatable bonds is 0. The van der Waals surface area contributed by atoms with Crippen molar-refractivity contribution >= 4 is 76.6 Å². The van der Waals surface area contributed by atoms with Crippen LogP contribution in [0.5, 0.6) is 0 Å². The maximum Gasteiger partial charge on any atom is 0.114 e. The van der Waals surface area contributed by atoms with Crippen molar-refractivity contribution in [3.8, 4) is 0 Å². The Kier molecular flexibility index (Phi) is 8.39. The zero-order valence-electron chi connectivity index (χ0n) is 5.45. The van der Waals surface area contributed by atoms with E-state index in [4.69, 9.17) is 24.4 Å². The van der Waals surface area contributed by atoms with E-state index in [0.29, 0.717) is 0 Å². The van der Waals surface area contributed by atoms with Crippen molar-refractivity contribution < 1.29 is 0 Å². The van der Waals surface area contributed by atoms with Crippen LogP contribution in [0.4, 0.5) is 0 Å². The predicted molar refractivity (Wildman–Crippen MR) is 67.4 cm³/mol. The molecule has 0 atom stereocenters. The van der Waals surface area contributed by atoms with Crippen molar-refractivity contribution in [2.45, 2.75) is 0 Å². The molecule has 0 aliphatic rings. The fourth-order valence-corrected chi connectivity index (χ4v) is 3.67. The maximum atomic E-state index is 4.96. The first kappa shape index (κ1) is 11.6. The van der Waals surface area contributed by atoms with Crippen LogP contribution in [0.15, 0.2) is 0 Å². The van der Waals surface area contributed by atoms with Crippen molar-refractivity contribution in [2.24, 2.45) is 0 Å². The molecular formula is C4H6S6. The summed E-state index contributed by atoms with van der Waals surface area (Å²) in [5, 5.41) is 0. The fourth-order valence-electron chi connectivity index (χ4n) is 0.136. The molecule has 0 saturated carbocycles. The molecule has 0 rings (SSSR count). The first-order valence-corrected chi connectivity index (χ1v) is 7.62. The molecule has 0 aromatic rings. The third kappa shape index (κ3) is 6.30. The molecule has 0 radical (unpaired) electrons. The summed E-state index contributed by atoms with van der Waals surface area (Å²) in [4.78, 5) is 0. The van der Waals surface area contributed by atoms with E-state index in [0.717, 1.165) is 7.06 Å². The third-order valence-corrected chi connectivity index (χ3v) is 7.05. The summed E-state index contributed by atoms with van der Waals surface area (Å²) in [6.07, 6.45) is 3.94. The lowest BCUT2D eigenvalue weighted by atomic mass is 11.9. The number of hydrogen-bond acceptors (Lipinski definition) is 6. The lowest BCUT2D eigenvalue weighted by Crippen LogP contribution is -1.76. The summed E-state index contributed by atoms with van der Waals surface area (Å²) < 4.78 is 1.86. The molecule has 58 valence electrons. The van der Waals surface area contributed by atoms with E-state index in [2.05, 4.69) is 0 Å². The third-order valence-electron chi connectivity index (χ3n) is 0.511. The van der Waals surface area contributed by atoms with E-state index in [1.54, 1.807) is 45.1 Å². The standard InChI is InChI=1S/C4H6S6/c1-7-3(5)9-10-4(6)8-2/h1-2H3. The minimum absolute atomic E-state index is 0.932. The smallest absolute Gasteiger partial charge is 0.110 e. The number of thiocarbonyl (C=S) groups is 2. The summed E-state index contributed by atoms with van der Waals surface area (Å²) in [6, 6.07) is 0. The van der Waals surface area contributed by atoms with E-state index < -0.39 is 0 Å². The lowest BCUT2D eigenvalue weighted by molar-refractivity contribution is 2.53. The van der Waals surface area contributed by atoms with Gasteiger partial charge in [0, 0.05) is 0 Å². The zero-order valence-corrected chi connectivity index (χ0v) is 10.3. The second-order valence-electron chi connectivity index (χ2n) is 1.07. The number of thioether (sulfide) groups is 2. The molecular weight excluding hydrogens is 240 g/mol. The van der Waals surface area contributed by atoms with Crippen LogP contribution in [-0.4, -0.2) is 19.6 Å². The molecule has 0 N–H and O–H groups in total. The normalized spacial score (nSPS) is 9.40. The van der Waals surface area contributed by atoms with Gasteiger partial charge in [0.2, 0.25) is 0 Å². The molecule has 0 aromatic carbocycles. The van der Waals surface area contributed by atoms with Gasteiger partial charge in [0.05, 0.1) is 0 Å². The van der Waals surface area contributed by atoms with Crippen LogP contribution in [0.2, 0.25) is 0 Å². The zero-order chi connectivity index (χ0) is 7.98. The lowest BCUT2D eigenvalue weighted by Gasteiger charge is -1.96. The topological polar surface area (TPSA) is 0 Å². The van der Waals surface area contributed by atoms with Crippen LogP contribution >= 0.6 is 69.5 Å². The Balaban J connectivity index is 3.35. The summed E-state index contributed by atoms with van der Waals surface area (Å²) in [7, 11) is 3.12. The van der Waals surface area contributed by atoms with Crippen LogP contribution in [-0.2, 0) is 0 Å². The predicted octanol–water partition coefficient (Wildman–Crippen LogP) is 3.66. The monoisotopic (exact) mass is 246 g/mol. The van der Waals surface area contributed by atoms with Crippen LogP contribution < -0.4 is 0 Å². The molecule has 0 saturated heterocycles. The highest BCUT2D eigenvalue weighted by Gasteiger charge is 1.98. The molecule has 6 heteroatoms. The molecule has 0 amide bonds. The highest BCUT2D eigenvalue weighted by Crippen LogP contribution is 2.32. The van der Waals surface area contributed by atoms with Gasteiger partial charge in [-0.1, -0.05) is 24.4 Å². The molecule has 0 aliphatic heterocycles. The Morgan fingerprint density at radius 2 is 1.20 bits per heavy atom. The van der Waals surface area contributed by atoms with E-state index in [1.165, 1.54) is 0 Å². The summed E-state index contributed by atoms with van der Waals surface area (Å²) in [5.74, 6) is 0. The number of hydrogen-bond donors (Lipinski definition) is 0. The first-order valence-electron chi connectivity index (χ1n) is 2.21. The summed E-state index contributed by atoms with van der Waals surface area (Å²) in [5.41, 5.74) is 0. The van der Waals surface area contributed by atoms with Gasteiger partial charge < -0.3 is 0 Å². The van der Waals surface area contributed by atoms with Gasteiger partial charge in [0.1, 0.15) is 7.06 Å². The molecule has 0 nitrogen and oxygen atoms in total. The van der Waals surface area contributed by atoms with Crippen molar-refractivity contribution in [1.82, 2.24) is 0 Å². The van der Waals surface area contributed by atoms with Crippen LogP contribution in [0.1, 0.15) is 0 Å². The van der Waals surface area contributed by atoms with Gasteiger partial charge in [-0.3, -0.25) is 0 Å². The molecule has 0 aliphatic carbocycles. The van der Waals surface area contributed by atoms with Crippen molar-refractivity contribution in [3.05, 3.63) is 0 Å².